The molecule has 0 aliphatic rings. The summed E-state index contributed by atoms with van der Waals surface area (Å²) in [4.78, 5) is 0. The molecule has 0 aliphatic heterocycles. The van der Waals surface area contributed by atoms with Crippen LogP contribution in [0, 0.1) is 5.82 Å². The summed E-state index contributed by atoms with van der Waals surface area (Å²) in [6, 6.07) is 10.3. The molecule has 90 valence electrons. The zero-order valence-electron chi connectivity index (χ0n) is 9.69. The van der Waals surface area contributed by atoms with Crippen molar-refractivity contribution in [1.82, 2.24) is 4.57 Å². The molecule has 3 nitrogen and oxygen atoms in total. The Morgan fingerprint density at radius 3 is 2.53 bits per heavy atom. The van der Waals surface area contributed by atoms with Gasteiger partial charge in [-0.05, 0) is 24.3 Å². The number of nitrogens with zero attached hydrogens (tertiary/aromatic N) is 1. The van der Waals surface area contributed by atoms with Gasteiger partial charge in [0.25, 0.3) is 0 Å². The third-order valence-corrected chi connectivity index (χ3v) is 2.75. The molecule has 0 aliphatic carbocycles. The average Bonchev–Trinajstić information content (AvgIpc) is 2.69. The minimum atomic E-state index is -0.347. The molecule has 2 aromatic rings. The molecule has 0 unspecified atom stereocenters. The van der Waals surface area contributed by atoms with E-state index in [2.05, 4.69) is 0 Å². The lowest BCUT2D eigenvalue weighted by molar-refractivity contribution is 0.282. The molecule has 1 heterocycles. The number of halogens is 1. The topological polar surface area (TPSA) is 40.2 Å². The van der Waals surface area contributed by atoms with Crippen molar-refractivity contribution in [1.29, 1.82) is 0 Å². The van der Waals surface area contributed by atoms with Crippen LogP contribution >= 0.6 is 0 Å². The van der Waals surface area contributed by atoms with Gasteiger partial charge in [-0.15, -0.1) is 0 Å². The highest BCUT2D eigenvalue weighted by molar-refractivity contribution is 5.24. The standard InChI is InChI=1S/C13H15FN2O/c1-16-10(8-15)6-7-11(16)9-17-13-5-3-2-4-12(13)14/h2-7H,8-9,15H2,1H3. The van der Waals surface area contributed by atoms with Gasteiger partial charge < -0.3 is 15.0 Å². The van der Waals surface area contributed by atoms with Crippen LogP contribution in [0.3, 0.4) is 0 Å². The van der Waals surface area contributed by atoms with Crippen LogP contribution in [-0.4, -0.2) is 4.57 Å². The Balaban J connectivity index is 2.07. The molecule has 1 aromatic heterocycles. The Morgan fingerprint density at radius 2 is 1.88 bits per heavy atom. The molecular weight excluding hydrogens is 219 g/mol. The fourth-order valence-electron chi connectivity index (χ4n) is 1.66. The highest BCUT2D eigenvalue weighted by Gasteiger charge is 2.06. The van der Waals surface area contributed by atoms with Crippen LogP contribution in [0.4, 0.5) is 4.39 Å². The first-order valence-corrected chi connectivity index (χ1v) is 5.43. The lowest BCUT2D eigenvalue weighted by Crippen LogP contribution is -2.08. The summed E-state index contributed by atoms with van der Waals surface area (Å²) < 4.78 is 20.7. The van der Waals surface area contributed by atoms with Crippen molar-refractivity contribution in [2.24, 2.45) is 12.8 Å². The van der Waals surface area contributed by atoms with Gasteiger partial charge >= 0.3 is 0 Å². The molecule has 0 spiro atoms. The van der Waals surface area contributed by atoms with Gasteiger partial charge in [0.15, 0.2) is 11.6 Å². The van der Waals surface area contributed by atoms with Crippen molar-refractivity contribution in [3.05, 3.63) is 53.6 Å². The van der Waals surface area contributed by atoms with Crippen molar-refractivity contribution < 1.29 is 9.13 Å². The smallest absolute Gasteiger partial charge is 0.165 e. The van der Waals surface area contributed by atoms with Gasteiger partial charge in [0.1, 0.15) is 6.61 Å². The molecule has 0 amide bonds. The van der Waals surface area contributed by atoms with Crippen molar-refractivity contribution in [3.8, 4) is 5.75 Å². The predicted molar refractivity (Wildman–Crippen MR) is 64.0 cm³/mol. The Kier molecular flexibility index (Phi) is 3.44. The molecule has 2 N–H and O–H groups in total. The molecule has 0 atom stereocenters. The second-order valence-corrected chi connectivity index (χ2v) is 3.80. The minimum absolute atomic E-state index is 0.267. The number of rotatable bonds is 4. The van der Waals surface area contributed by atoms with E-state index < -0.39 is 0 Å². The first-order valence-electron chi connectivity index (χ1n) is 5.43. The summed E-state index contributed by atoms with van der Waals surface area (Å²) in [7, 11) is 1.92. The van der Waals surface area contributed by atoms with E-state index in [1.165, 1.54) is 6.07 Å². The van der Waals surface area contributed by atoms with Gasteiger partial charge in [-0.2, -0.15) is 0 Å². The second kappa shape index (κ2) is 5.01. The van der Waals surface area contributed by atoms with Gasteiger partial charge in [-0.1, -0.05) is 12.1 Å². The van der Waals surface area contributed by atoms with Crippen molar-refractivity contribution >= 4 is 0 Å². The zero-order chi connectivity index (χ0) is 12.3. The summed E-state index contributed by atoms with van der Waals surface area (Å²) in [5.41, 5.74) is 7.57. The Labute approximate surface area is 99.6 Å². The quantitative estimate of drug-likeness (QED) is 0.881. The lowest BCUT2D eigenvalue weighted by atomic mass is 10.3. The van der Waals surface area contributed by atoms with Crippen LogP contribution in [0.15, 0.2) is 36.4 Å². The maximum atomic E-state index is 13.3. The van der Waals surface area contributed by atoms with E-state index in [1.807, 2.05) is 23.7 Å². The molecule has 0 saturated heterocycles. The van der Waals surface area contributed by atoms with Gasteiger partial charge in [0, 0.05) is 19.3 Å². The van der Waals surface area contributed by atoms with E-state index in [-0.39, 0.29) is 11.6 Å². The largest absolute Gasteiger partial charge is 0.484 e. The van der Waals surface area contributed by atoms with Gasteiger partial charge in [-0.25, -0.2) is 4.39 Å². The first kappa shape index (κ1) is 11.7. The van der Waals surface area contributed by atoms with Crippen LogP contribution in [0.25, 0.3) is 0 Å². The second-order valence-electron chi connectivity index (χ2n) is 3.80. The maximum Gasteiger partial charge on any atom is 0.165 e. The number of benzene rings is 1. The van der Waals surface area contributed by atoms with E-state index in [0.717, 1.165) is 11.4 Å². The third-order valence-electron chi connectivity index (χ3n) is 2.75. The third kappa shape index (κ3) is 2.47. The molecule has 0 radical (unpaired) electrons. The molecule has 4 heteroatoms. The number of hydrogen-bond donors (Lipinski definition) is 1. The van der Waals surface area contributed by atoms with E-state index >= 15 is 0 Å². The molecule has 1 aromatic carbocycles. The molecular formula is C13H15FN2O. The number of para-hydroxylation sites is 1. The average molecular weight is 234 g/mol. The van der Waals surface area contributed by atoms with E-state index in [9.17, 15) is 4.39 Å². The highest BCUT2D eigenvalue weighted by Crippen LogP contribution is 2.17. The molecule has 0 fully saturated rings. The number of nitrogens with two attached hydrogens (primary N) is 1. The highest BCUT2D eigenvalue weighted by atomic mass is 19.1. The number of ether oxygens (including phenoxy) is 1. The lowest BCUT2D eigenvalue weighted by Gasteiger charge is -2.09. The number of aromatic nitrogens is 1. The van der Waals surface area contributed by atoms with Crippen LogP contribution < -0.4 is 10.5 Å². The Bertz CT molecular complexity index is 508. The van der Waals surface area contributed by atoms with Crippen molar-refractivity contribution in [2.45, 2.75) is 13.2 Å². The fourth-order valence-corrected chi connectivity index (χ4v) is 1.66. The first-order chi connectivity index (χ1) is 8.22. The van der Waals surface area contributed by atoms with Crippen LogP contribution in [0.1, 0.15) is 11.4 Å². The van der Waals surface area contributed by atoms with Gasteiger partial charge in [0.2, 0.25) is 0 Å². The van der Waals surface area contributed by atoms with E-state index in [4.69, 9.17) is 10.5 Å². The summed E-state index contributed by atoms with van der Waals surface area (Å²) in [6.07, 6.45) is 0. The molecule has 0 bridgehead atoms. The SMILES string of the molecule is Cn1c(CN)ccc1COc1ccccc1F. The van der Waals surface area contributed by atoms with Crippen LogP contribution in [0.5, 0.6) is 5.75 Å². The summed E-state index contributed by atoms with van der Waals surface area (Å²) in [6.45, 7) is 0.813. The molecule has 17 heavy (non-hydrogen) atoms. The summed E-state index contributed by atoms with van der Waals surface area (Å²) >= 11 is 0. The van der Waals surface area contributed by atoms with Crippen LogP contribution in [0.2, 0.25) is 0 Å². The van der Waals surface area contributed by atoms with Gasteiger partial charge in [0.05, 0.1) is 5.69 Å². The molecule has 0 saturated carbocycles. The van der Waals surface area contributed by atoms with Crippen molar-refractivity contribution in [3.63, 3.8) is 0 Å². The van der Waals surface area contributed by atoms with Crippen molar-refractivity contribution in [2.75, 3.05) is 0 Å². The number of hydrogen-bond acceptors (Lipinski definition) is 2. The molecule has 2 rings (SSSR count). The summed E-state index contributed by atoms with van der Waals surface area (Å²) in [5.74, 6) is -0.0799. The predicted octanol–water partition coefficient (Wildman–Crippen LogP) is 2.20. The summed E-state index contributed by atoms with van der Waals surface area (Å²) in [5, 5.41) is 0. The Hall–Kier alpha value is -1.81. The Morgan fingerprint density at radius 1 is 1.18 bits per heavy atom. The fraction of sp³-hybridized carbons (Fsp3) is 0.231. The van der Waals surface area contributed by atoms with E-state index in [1.54, 1.807) is 18.2 Å². The maximum absolute atomic E-state index is 13.3. The van der Waals surface area contributed by atoms with Crippen LogP contribution in [-0.2, 0) is 20.2 Å². The minimum Gasteiger partial charge on any atom is -0.484 e. The van der Waals surface area contributed by atoms with E-state index in [0.29, 0.717) is 13.2 Å². The zero-order valence-corrected chi connectivity index (χ0v) is 9.69. The normalized spacial score (nSPS) is 10.5. The van der Waals surface area contributed by atoms with Gasteiger partial charge in [-0.3, -0.25) is 0 Å². The monoisotopic (exact) mass is 234 g/mol.